The van der Waals surface area contributed by atoms with Crippen molar-refractivity contribution in [3.8, 4) is 5.75 Å². The van der Waals surface area contributed by atoms with Crippen molar-refractivity contribution in [1.82, 2.24) is 10.0 Å². The van der Waals surface area contributed by atoms with Gasteiger partial charge in [-0.15, -0.1) is 0 Å². The van der Waals surface area contributed by atoms with E-state index in [0.717, 1.165) is 36.1 Å². The molecule has 0 radical (unpaired) electrons. The van der Waals surface area contributed by atoms with Gasteiger partial charge in [-0.1, -0.05) is 30.3 Å². The lowest BCUT2D eigenvalue weighted by molar-refractivity contribution is 0.262. The molecule has 2 aliphatic rings. The Hall–Kier alpha value is -2.58. The lowest BCUT2D eigenvalue weighted by atomic mass is 10.0. The number of benzene rings is 2. The van der Waals surface area contributed by atoms with E-state index in [1.165, 1.54) is 0 Å². The third kappa shape index (κ3) is 4.45. The molecule has 1 saturated carbocycles. The SMILES string of the molecule is NC(=NCc1ccc(S(=O)(=O)NC2CC2)cc1)NC1CCOc2ccccc21. The van der Waals surface area contributed by atoms with Crippen molar-refractivity contribution < 1.29 is 13.2 Å². The van der Waals surface area contributed by atoms with Crippen LogP contribution in [0.1, 0.15) is 36.4 Å². The second-order valence-corrected chi connectivity index (χ2v) is 8.83. The third-order valence-corrected chi connectivity index (χ3v) is 6.38. The zero-order valence-electron chi connectivity index (χ0n) is 15.5. The van der Waals surface area contributed by atoms with Crippen molar-refractivity contribution in [1.29, 1.82) is 0 Å². The highest BCUT2D eigenvalue weighted by Gasteiger charge is 2.27. The molecule has 1 heterocycles. The molecule has 4 N–H and O–H groups in total. The average molecular weight is 401 g/mol. The first-order chi connectivity index (χ1) is 13.5. The van der Waals surface area contributed by atoms with Crippen LogP contribution in [0.15, 0.2) is 58.4 Å². The van der Waals surface area contributed by atoms with Crippen LogP contribution in [0.3, 0.4) is 0 Å². The molecule has 7 nitrogen and oxygen atoms in total. The molecule has 0 aromatic heterocycles. The fraction of sp³-hybridized carbons (Fsp3) is 0.350. The maximum absolute atomic E-state index is 12.2. The van der Waals surface area contributed by atoms with Gasteiger partial charge in [0.15, 0.2) is 5.96 Å². The van der Waals surface area contributed by atoms with E-state index >= 15 is 0 Å². The number of fused-ring (bicyclic) bond motifs is 1. The van der Waals surface area contributed by atoms with Crippen LogP contribution in [-0.2, 0) is 16.6 Å². The smallest absolute Gasteiger partial charge is 0.240 e. The molecule has 1 aliphatic carbocycles. The Morgan fingerprint density at radius 3 is 2.61 bits per heavy atom. The van der Waals surface area contributed by atoms with E-state index in [1.54, 1.807) is 24.3 Å². The monoisotopic (exact) mass is 400 g/mol. The molecular weight excluding hydrogens is 376 g/mol. The van der Waals surface area contributed by atoms with E-state index in [1.807, 2.05) is 24.3 Å². The molecule has 2 aromatic rings. The number of aliphatic imine (C=N–C) groups is 1. The Kier molecular flexibility index (Phi) is 5.23. The van der Waals surface area contributed by atoms with Gasteiger partial charge in [0.1, 0.15) is 5.75 Å². The number of nitrogens with zero attached hydrogens (tertiary/aromatic N) is 1. The van der Waals surface area contributed by atoms with Crippen LogP contribution in [0.4, 0.5) is 0 Å². The van der Waals surface area contributed by atoms with Crippen molar-refractivity contribution in [3.05, 3.63) is 59.7 Å². The first-order valence-corrected chi connectivity index (χ1v) is 10.9. The molecule has 8 heteroatoms. The molecule has 148 valence electrons. The molecule has 2 aromatic carbocycles. The maximum atomic E-state index is 12.2. The highest BCUT2D eigenvalue weighted by molar-refractivity contribution is 7.89. The first-order valence-electron chi connectivity index (χ1n) is 9.41. The van der Waals surface area contributed by atoms with Gasteiger partial charge in [-0.05, 0) is 36.6 Å². The van der Waals surface area contributed by atoms with E-state index in [-0.39, 0.29) is 17.0 Å². The lowest BCUT2D eigenvalue weighted by Gasteiger charge is -2.26. The summed E-state index contributed by atoms with van der Waals surface area (Å²) in [5.74, 6) is 1.23. The number of para-hydroxylation sites is 1. The summed E-state index contributed by atoms with van der Waals surface area (Å²) in [7, 11) is -3.43. The first kappa shape index (κ1) is 18.8. The van der Waals surface area contributed by atoms with Crippen LogP contribution in [0, 0.1) is 0 Å². The van der Waals surface area contributed by atoms with Gasteiger partial charge < -0.3 is 15.8 Å². The van der Waals surface area contributed by atoms with Gasteiger partial charge >= 0.3 is 0 Å². The summed E-state index contributed by atoms with van der Waals surface area (Å²) in [6.45, 7) is 1.01. The number of hydrogen-bond donors (Lipinski definition) is 3. The molecule has 0 bridgehead atoms. The lowest BCUT2D eigenvalue weighted by Crippen LogP contribution is -2.37. The Labute approximate surface area is 165 Å². The van der Waals surface area contributed by atoms with E-state index in [4.69, 9.17) is 10.5 Å². The van der Waals surface area contributed by atoms with Gasteiger partial charge in [-0.3, -0.25) is 0 Å². The summed E-state index contributed by atoms with van der Waals surface area (Å²) >= 11 is 0. The summed E-state index contributed by atoms with van der Waals surface area (Å²) in [4.78, 5) is 4.66. The third-order valence-electron chi connectivity index (χ3n) is 4.85. The van der Waals surface area contributed by atoms with Crippen LogP contribution in [0.25, 0.3) is 0 Å². The van der Waals surface area contributed by atoms with E-state index in [9.17, 15) is 8.42 Å². The van der Waals surface area contributed by atoms with Gasteiger partial charge in [0.05, 0.1) is 24.1 Å². The molecule has 28 heavy (non-hydrogen) atoms. The number of hydrogen-bond acceptors (Lipinski definition) is 4. The Balaban J connectivity index is 1.37. The summed E-state index contributed by atoms with van der Waals surface area (Å²) in [6, 6.07) is 14.8. The van der Waals surface area contributed by atoms with Gasteiger partial charge in [0.2, 0.25) is 10.0 Å². The van der Waals surface area contributed by atoms with Gasteiger partial charge in [-0.2, -0.15) is 0 Å². The number of nitrogens with two attached hydrogens (primary N) is 1. The quantitative estimate of drug-likeness (QED) is 0.508. The largest absolute Gasteiger partial charge is 0.493 e. The van der Waals surface area contributed by atoms with Crippen molar-refractivity contribution in [2.45, 2.75) is 42.8 Å². The summed E-state index contributed by atoms with van der Waals surface area (Å²) < 4.78 is 32.7. The molecule has 1 aliphatic heterocycles. The average Bonchev–Trinajstić information content (AvgIpc) is 3.50. The number of nitrogens with one attached hydrogen (secondary N) is 2. The minimum atomic E-state index is -3.43. The minimum Gasteiger partial charge on any atom is -0.493 e. The van der Waals surface area contributed by atoms with Crippen molar-refractivity contribution in [2.75, 3.05) is 6.61 Å². The van der Waals surface area contributed by atoms with Gasteiger partial charge in [-0.25, -0.2) is 18.1 Å². The van der Waals surface area contributed by atoms with Crippen LogP contribution in [0.2, 0.25) is 0 Å². The Morgan fingerprint density at radius 2 is 1.86 bits per heavy atom. The number of sulfonamides is 1. The summed E-state index contributed by atoms with van der Waals surface area (Å²) in [5.41, 5.74) is 8.03. The molecule has 1 unspecified atom stereocenters. The molecule has 4 rings (SSSR count). The van der Waals surface area contributed by atoms with Gasteiger partial charge in [0.25, 0.3) is 0 Å². The van der Waals surface area contributed by atoms with Crippen LogP contribution in [-0.4, -0.2) is 27.0 Å². The summed E-state index contributed by atoms with van der Waals surface area (Å²) in [5, 5.41) is 3.25. The topological polar surface area (TPSA) is 106 Å². The minimum absolute atomic E-state index is 0.0646. The molecule has 1 atom stereocenters. The number of rotatable bonds is 6. The second kappa shape index (κ2) is 7.81. The maximum Gasteiger partial charge on any atom is 0.240 e. The van der Waals surface area contributed by atoms with E-state index < -0.39 is 10.0 Å². The molecular formula is C20H24N4O3S. The van der Waals surface area contributed by atoms with E-state index in [2.05, 4.69) is 15.0 Å². The normalized spacial score (nSPS) is 19.6. The molecule has 0 spiro atoms. The van der Waals surface area contributed by atoms with Crippen molar-refractivity contribution in [2.24, 2.45) is 10.7 Å². The predicted molar refractivity (Wildman–Crippen MR) is 108 cm³/mol. The summed E-state index contributed by atoms with van der Waals surface area (Å²) in [6.07, 6.45) is 2.64. The molecule has 0 amide bonds. The van der Waals surface area contributed by atoms with Crippen molar-refractivity contribution >= 4 is 16.0 Å². The number of ether oxygens (including phenoxy) is 1. The Bertz CT molecular complexity index is 969. The van der Waals surface area contributed by atoms with Crippen LogP contribution < -0.4 is 20.5 Å². The zero-order chi connectivity index (χ0) is 19.6. The van der Waals surface area contributed by atoms with Crippen LogP contribution >= 0.6 is 0 Å². The molecule has 1 fully saturated rings. The standard InChI is InChI=1S/C20H24N4O3S/c21-20(23-18-11-12-27-19-4-2-1-3-17(18)19)22-13-14-5-9-16(10-6-14)28(25,26)24-15-7-8-15/h1-6,9-10,15,18,24H,7-8,11-13H2,(H3,21,22,23). The highest BCUT2D eigenvalue weighted by atomic mass is 32.2. The predicted octanol–water partition coefficient (Wildman–Crippen LogP) is 2.06. The van der Waals surface area contributed by atoms with E-state index in [0.29, 0.717) is 19.1 Å². The fourth-order valence-corrected chi connectivity index (χ4v) is 4.46. The highest BCUT2D eigenvalue weighted by Crippen LogP contribution is 2.31. The van der Waals surface area contributed by atoms with Crippen molar-refractivity contribution in [3.63, 3.8) is 0 Å². The zero-order valence-corrected chi connectivity index (χ0v) is 16.3. The number of guanidine groups is 1. The molecule has 0 saturated heterocycles. The Morgan fingerprint density at radius 1 is 1.11 bits per heavy atom. The second-order valence-electron chi connectivity index (χ2n) is 7.11. The van der Waals surface area contributed by atoms with Gasteiger partial charge in [0, 0.05) is 18.0 Å². The fourth-order valence-electron chi connectivity index (χ4n) is 3.16. The van der Waals surface area contributed by atoms with Crippen LogP contribution in [0.5, 0.6) is 5.75 Å².